The number of anilines is 1. The fourth-order valence-corrected chi connectivity index (χ4v) is 6.23. The SMILES string of the molecule is C[C@@H]1CN([C@@H](C)CO)C(=O)c2cc(NC(=O)NC3CCCCC3)ccc2O[C@@H](C)CCCCO[C@@H]1CN(C)Cc1ccncc1. The van der Waals surface area contributed by atoms with Gasteiger partial charge >= 0.3 is 6.03 Å². The van der Waals surface area contributed by atoms with E-state index in [2.05, 4.69) is 34.5 Å². The molecule has 0 saturated heterocycles. The number of amides is 3. The molecular weight excluding hydrogens is 570 g/mol. The molecule has 1 aliphatic carbocycles. The normalized spacial score (nSPS) is 23.0. The van der Waals surface area contributed by atoms with E-state index in [1.165, 1.54) is 12.0 Å². The molecule has 0 unspecified atom stereocenters. The number of aliphatic hydroxyl groups excluding tert-OH is 1. The number of fused-ring (bicyclic) bond motifs is 1. The summed E-state index contributed by atoms with van der Waals surface area (Å²) in [4.78, 5) is 35.3. The molecule has 10 heteroatoms. The minimum atomic E-state index is -0.431. The van der Waals surface area contributed by atoms with Crippen molar-refractivity contribution in [3.63, 3.8) is 0 Å². The molecule has 0 radical (unpaired) electrons. The van der Waals surface area contributed by atoms with Crippen LogP contribution in [0.5, 0.6) is 5.75 Å². The van der Waals surface area contributed by atoms with Gasteiger partial charge in [-0.05, 0) is 88.9 Å². The number of hydrogen-bond donors (Lipinski definition) is 3. The third-order valence-electron chi connectivity index (χ3n) is 8.94. The van der Waals surface area contributed by atoms with E-state index in [0.29, 0.717) is 36.7 Å². The smallest absolute Gasteiger partial charge is 0.319 e. The van der Waals surface area contributed by atoms with Crippen molar-refractivity contribution in [1.29, 1.82) is 0 Å². The Morgan fingerprint density at radius 2 is 1.82 bits per heavy atom. The second-order valence-electron chi connectivity index (χ2n) is 13.0. The molecule has 45 heavy (non-hydrogen) atoms. The number of ether oxygens (including phenoxy) is 2. The number of likely N-dealkylation sites (N-methyl/N-ethyl adjacent to an activating group) is 1. The molecule has 2 aromatic rings. The molecule has 2 heterocycles. The van der Waals surface area contributed by atoms with Crippen molar-refractivity contribution in [3.8, 4) is 5.75 Å². The van der Waals surface area contributed by atoms with Crippen molar-refractivity contribution in [3.05, 3.63) is 53.9 Å². The van der Waals surface area contributed by atoms with Gasteiger partial charge in [0.25, 0.3) is 5.91 Å². The highest BCUT2D eigenvalue weighted by Gasteiger charge is 2.30. The van der Waals surface area contributed by atoms with Crippen LogP contribution in [0.2, 0.25) is 0 Å². The van der Waals surface area contributed by atoms with Crippen molar-refractivity contribution in [2.45, 2.75) is 103 Å². The van der Waals surface area contributed by atoms with Gasteiger partial charge in [-0.25, -0.2) is 4.79 Å². The quantitative estimate of drug-likeness (QED) is 0.358. The average molecular weight is 624 g/mol. The fourth-order valence-electron chi connectivity index (χ4n) is 6.23. The van der Waals surface area contributed by atoms with Crippen LogP contribution < -0.4 is 15.4 Å². The monoisotopic (exact) mass is 623 g/mol. The first-order valence-electron chi connectivity index (χ1n) is 16.7. The first kappa shape index (κ1) is 34.7. The highest BCUT2D eigenvalue weighted by Crippen LogP contribution is 2.29. The van der Waals surface area contributed by atoms with Gasteiger partial charge in [0.05, 0.1) is 30.4 Å². The van der Waals surface area contributed by atoms with Crippen LogP contribution in [0.3, 0.4) is 0 Å². The van der Waals surface area contributed by atoms with Crippen LogP contribution >= 0.6 is 0 Å². The second-order valence-corrected chi connectivity index (χ2v) is 13.0. The van der Waals surface area contributed by atoms with Gasteiger partial charge in [0.1, 0.15) is 5.75 Å². The number of hydrogen-bond acceptors (Lipinski definition) is 7. The topological polar surface area (TPSA) is 116 Å². The van der Waals surface area contributed by atoms with Gasteiger partial charge in [-0.1, -0.05) is 26.2 Å². The van der Waals surface area contributed by atoms with Crippen LogP contribution in [0.4, 0.5) is 10.5 Å². The molecule has 0 spiro atoms. The van der Waals surface area contributed by atoms with E-state index in [4.69, 9.17) is 9.47 Å². The summed E-state index contributed by atoms with van der Waals surface area (Å²) in [5.41, 5.74) is 2.07. The van der Waals surface area contributed by atoms with Gasteiger partial charge in [-0.3, -0.25) is 14.7 Å². The molecule has 0 bridgehead atoms. The number of urea groups is 1. The third-order valence-corrected chi connectivity index (χ3v) is 8.94. The van der Waals surface area contributed by atoms with E-state index in [0.717, 1.165) is 51.5 Å². The summed E-state index contributed by atoms with van der Waals surface area (Å²) in [7, 11) is 2.08. The highest BCUT2D eigenvalue weighted by molar-refractivity contribution is 5.99. The molecule has 4 atom stereocenters. The number of nitrogens with one attached hydrogen (secondary N) is 2. The number of nitrogens with zero attached hydrogens (tertiary/aromatic N) is 3. The Morgan fingerprint density at radius 1 is 1.09 bits per heavy atom. The zero-order valence-corrected chi connectivity index (χ0v) is 27.5. The Labute approximate surface area is 268 Å². The van der Waals surface area contributed by atoms with Crippen molar-refractivity contribution in [2.24, 2.45) is 5.92 Å². The fraction of sp³-hybridized carbons (Fsp3) is 0.629. The largest absolute Gasteiger partial charge is 0.490 e. The number of benzene rings is 1. The predicted molar refractivity (Wildman–Crippen MR) is 176 cm³/mol. The molecule has 1 aliphatic heterocycles. The van der Waals surface area contributed by atoms with E-state index in [-0.39, 0.29) is 42.7 Å². The van der Waals surface area contributed by atoms with Gasteiger partial charge in [-0.2, -0.15) is 0 Å². The number of rotatable bonds is 8. The lowest BCUT2D eigenvalue weighted by molar-refractivity contribution is -0.0177. The lowest BCUT2D eigenvalue weighted by Gasteiger charge is -2.36. The number of carbonyl (C=O) groups is 2. The summed E-state index contributed by atoms with van der Waals surface area (Å²) in [6.45, 7) is 8.26. The zero-order chi connectivity index (χ0) is 32.2. The molecule has 10 nitrogen and oxygen atoms in total. The molecular formula is C35H53N5O5. The first-order chi connectivity index (χ1) is 21.7. The highest BCUT2D eigenvalue weighted by atomic mass is 16.5. The summed E-state index contributed by atoms with van der Waals surface area (Å²) < 4.78 is 12.8. The zero-order valence-electron chi connectivity index (χ0n) is 27.5. The van der Waals surface area contributed by atoms with E-state index in [1.54, 1.807) is 35.5 Å². The Hall–Kier alpha value is -3.21. The van der Waals surface area contributed by atoms with Crippen LogP contribution in [-0.2, 0) is 11.3 Å². The average Bonchev–Trinajstić information content (AvgIpc) is 3.03. The molecule has 1 fully saturated rings. The standard InChI is InChI=1S/C35H53N5O5/c1-25-21-40(26(2)24-41)34(42)31-20-30(38-35(43)37-29-11-6-5-7-12-29)13-14-32(31)45-27(3)10-8-9-19-44-33(25)23-39(4)22-28-15-17-36-18-16-28/h13-18,20,25-27,29,33,41H,5-12,19,21-24H2,1-4H3,(H2,37,38,43)/t25-,26+,27+,33-/m1/s1. The minimum Gasteiger partial charge on any atom is -0.490 e. The van der Waals surface area contributed by atoms with Gasteiger partial charge < -0.3 is 30.1 Å². The molecule has 2 aliphatic rings. The molecule has 4 rings (SSSR count). The van der Waals surface area contributed by atoms with Crippen LogP contribution in [0.25, 0.3) is 0 Å². The number of carbonyl (C=O) groups excluding carboxylic acids is 2. The molecule has 3 amide bonds. The number of aliphatic hydroxyl groups is 1. The summed E-state index contributed by atoms with van der Waals surface area (Å²) >= 11 is 0. The van der Waals surface area contributed by atoms with Gasteiger partial charge in [0.2, 0.25) is 0 Å². The van der Waals surface area contributed by atoms with Crippen LogP contribution in [0.1, 0.15) is 88.1 Å². The molecule has 3 N–H and O–H groups in total. The molecule has 1 saturated carbocycles. The Morgan fingerprint density at radius 3 is 2.56 bits per heavy atom. The van der Waals surface area contributed by atoms with Crippen molar-refractivity contribution >= 4 is 17.6 Å². The van der Waals surface area contributed by atoms with E-state index in [9.17, 15) is 14.7 Å². The van der Waals surface area contributed by atoms with Gasteiger partial charge in [-0.15, -0.1) is 0 Å². The van der Waals surface area contributed by atoms with Gasteiger partial charge in [0, 0.05) is 56.3 Å². The Balaban J connectivity index is 1.56. The maximum absolute atomic E-state index is 14.3. The maximum atomic E-state index is 14.3. The minimum absolute atomic E-state index is 0.0170. The molecule has 1 aromatic heterocycles. The van der Waals surface area contributed by atoms with Crippen molar-refractivity contribution < 1.29 is 24.2 Å². The van der Waals surface area contributed by atoms with Crippen LogP contribution in [-0.4, -0.2) is 89.5 Å². The van der Waals surface area contributed by atoms with Crippen LogP contribution in [0, 0.1) is 5.92 Å². The third kappa shape index (κ3) is 10.7. The van der Waals surface area contributed by atoms with E-state index < -0.39 is 6.04 Å². The first-order valence-corrected chi connectivity index (χ1v) is 16.7. The summed E-state index contributed by atoms with van der Waals surface area (Å²) in [6.07, 6.45) is 11.5. The number of aromatic nitrogens is 1. The molecule has 1 aromatic carbocycles. The maximum Gasteiger partial charge on any atom is 0.319 e. The second kappa shape index (κ2) is 17.5. The summed E-state index contributed by atoms with van der Waals surface area (Å²) in [5, 5.41) is 16.2. The van der Waals surface area contributed by atoms with Crippen LogP contribution in [0.15, 0.2) is 42.7 Å². The lowest BCUT2D eigenvalue weighted by atomic mass is 9.96. The van der Waals surface area contributed by atoms with Crippen molar-refractivity contribution in [1.82, 2.24) is 20.1 Å². The van der Waals surface area contributed by atoms with Gasteiger partial charge in [0.15, 0.2) is 0 Å². The Kier molecular flexibility index (Phi) is 13.5. The van der Waals surface area contributed by atoms with E-state index >= 15 is 0 Å². The van der Waals surface area contributed by atoms with Crippen molar-refractivity contribution in [2.75, 3.05) is 38.7 Å². The number of pyridine rings is 1. The predicted octanol–water partition coefficient (Wildman–Crippen LogP) is 5.46. The lowest BCUT2D eigenvalue weighted by Crippen LogP contribution is -2.47. The Bertz CT molecular complexity index is 1210. The molecule has 248 valence electrons. The summed E-state index contributed by atoms with van der Waals surface area (Å²) in [6, 6.07) is 8.76. The summed E-state index contributed by atoms with van der Waals surface area (Å²) in [5.74, 6) is 0.218. The van der Waals surface area contributed by atoms with E-state index in [1.807, 2.05) is 26.0 Å².